The summed E-state index contributed by atoms with van der Waals surface area (Å²) >= 11 is 3.36. The molecule has 1 unspecified atom stereocenters. The van der Waals surface area contributed by atoms with E-state index in [1.807, 2.05) is 13.1 Å². The van der Waals surface area contributed by atoms with Crippen molar-refractivity contribution in [2.45, 2.75) is 19.4 Å². The monoisotopic (exact) mass is 339 g/mol. The maximum absolute atomic E-state index is 13.7. The average Bonchev–Trinajstić information content (AvgIpc) is 2.41. The highest BCUT2D eigenvalue weighted by Gasteiger charge is 2.13. The van der Waals surface area contributed by atoms with Gasteiger partial charge in [-0.1, -0.05) is 34.1 Å². The minimum atomic E-state index is -0.275. The highest BCUT2D eigenvalue weighted by molar-refractivity contribution is 9.10. The topological polar surface area (TPSA) is 12.0 Å². The lowest BCUT2D eigenvalue weighted by molar-refractivity contribution is 0.572. The van der Waals surface area contributed by atoms with Crippen LogP contribution in [0.25, 0.3) is 0 Å². The Bertz CT molecular complexity index is 613. The van der Waals surface area contributed by atoms with E-state index in [-0.39, 0.29) is 17.7 Å². The molecule has 0 aliphatic heterocycles. The normalized spacial score (nSPS) is 12.4. The van der Waals surface area contributed by atoms with Crippen LogP contribution in [0.3, 0.4) is 0 Å². The molecule has 0 amide bonds. The van der Waals surface area contributed by atoms with Crippen LogP contribution in [0.4, 0.5) is 8.78 Å². The van der Waals surface area contributed by atoms with Gasteiger partial charge in [-0.2, -0.15) is 0 Å². The molecule has 1 atom stereocenters. The highest BCUT2D eigenvalue weighted by Crippen LogP contribution is 2.25. The van der Waals surface area contributed by atoms with Crippen LogP contribution in [0.15, 0.2) is 40.9 Å². The molecule has 0 fully saturated rings. The highest BCUT2D eigenvalue weighted by atomic mass is 79.9. The number of halogens is 3. The van der Waals surface area contributed by atoms with Crippen LogP contribution < -0.4 is 5.32 Å². The van der Waals surface area contributed by atoms with Crippen LogP contribution in [-0.2, 0) is 6.42 Å². The molecule has 0 heterocycles. The molecule has 0 bridgehead atoms. The minimum Gasteiger partial charge on any atom is -0.313 e. The third-order valence-electron chi connectivity index (χ3n) is 3.39. The van der Waals surface area contributed by atoms with Gasteiger partial charge in [0, 0.05) is 10.5 Å². The summed E-state index contributed by atoms with van der Waals surface area (Å²) in [7, 11) is 1.83. The maximum Gasteiger partial charge on any atom is 0.126 e. The first-order valence-corrected chi connectivity index (χ1v) is 7.18. The van der Waals surface area contributed by atoms with Crippen LogP contribution in [-0.4, -0.2) is 7.05 Å². The van der Waals surface area contributed by atoms with Gasteiger partial charge in [-0.15, -0.1) is 0 Å². The lowest BCUT2D eigenvalue weighted by Crippen LogP contribution is -2.19. The van der Waals surface area contributed by atoms with Gasteiger partial charge in [-0.3, -0.25) is 0 Å². The Labute approximate surface area is 126 Å². The third-order valence-corrected chi connectivity index (χ3v) is 4.12. The zero-order valence-electron chi connectivity index (χ0n) is 11.4. The molecule has 0 spiro atoms. The summed E-state index contributed by atoms with van der Waals surface area (Å²) in [5, 5.41) is 3.17. The van der Waals surface area contributed by atoms with E-state index in [1.165, 1.54) is 12.1 Å². The quantitative estimate of drug-likeness (QED) is 0.862. The molecule has 1 N–H and O–H groups in total. The summed E-state index contributed by atoms with van der Waals surface area (Å²) in [5.74, 6) is -0.482. The minimum absolute atomic E-state index is 0.0214. The number of aryl methyl sites for hydroxylation is 1. The van der Waals surface area contributed by atoms with E-state index in [1.54, 1.807) is 25.1 Å². The molecule has 0 radical (unpaired) electrons. The second kappa shape index (κ2) is 6.46. The Kier molecular flexibility index (Phi) is 4.89. The molecule has 106 valence electrons. The van der Waals surface area contributed by atoms with Crippen LogP contribution in [0, 0.1) is 18.6 Å². The second-order valence-corrected chi connectivity index (χ2v) is 5.64. The summed E-state index contributed by atoms with van der Waals surface area (Å²) in [6.07, 6.45) is 0.653. The molecule has 2 aromatic rings. The van der Waals surface area contributed by atoms with Crippen LogP contribution >= 0.6 is 15.9 Å². The molecule has 0 saturated carbocycles. The molecule has 0 aromatic heterocycles. The Morgan fingerprint density at radius 3 is 2.50 bits per heavy atom. The van der Waals surface area contributed by atoms with Crippen LogP contribution in [0.2, 0.25) is 0 Å². The van der Waals surface area contributed by atoms with E-state index in [2.05, 4.69) is 21.2 Å². The Hall–Kier alpha value is -1.26. The van der Waals surface area contributed by atoms with Crippen LogP contribution in [0.1, 0.15) is 22.7 Å². The Morgan fingerprint density at radius 2 is 1.90 bits per heavy atom. The van der Waals surface area contributed by atoms with Crippen molar-refractivity contribution in [2.75, 3.05) is 7.05 Å². The van der Waals surface area contributed by atoms with Crippen molar-refractivity contribution in [1.82, 2.24) is 5.32 Å². The fraction of sp³-hybridized carbons (Fsp3) is 0.250. The molecular formula is C16H16BrF2N. The number of nitrogens with one attached hydrogen (secondary N) is 1. The van der Waals surface area contributed by atoms with Crippen LogP contribution in [0.5, 0.6) is 0 Å². The predicted octanol–water partition coefficient (Wildman–Crippen LogP) is 4.54. The lowest BCUT2D eigenvalue weighted by atomic mass is 9.98. The number of hydrogen-bond donors (Lipinski definition) is 1. The van der Waals surface area contributed by atoms with Crippen molar-refractivity contribution in [3.8, 4) is 0 Å². The van der Waals surface area contributed by atoms with Gasteiger partial charge in [0.2, 0.25) is 0 Å². The van der Waals surface area contributed by atoms with Crippen molar-refractivity contribution in [2.24, 2.45) is 0 Å². The molecule has 20 heavy (non-hydrogen) atoms. The van der Waals surface area contributed by atoms with E-state index in [9.17, 15) is 8.78 Å². The van der Waals surface area contributed by atoms with Crippen molar-refractivity contribution < 1.29 is 8.78 Å². The molecule has 1 nitrogen and oxygen atoms in total. The fourth-order valence-corrected chi connectivity index (χ4v) is 2.63. The van der Waals surface area contributed by atoms with Gasteiger partial charge in [0.25, 0.3) is 0 Å². The molecule has 4 heteroatoms. The summed E-state index contributed by atoms with van der Waals surface area (Å²) < 4.78 is 27.5. The molecule has 0 aliphatic rings. The van der Waals surface area contributed by atoms with Gasteiger partial charge >= 0.3 is 0 Å². The third kappa shape index (κ3) is 3.44. The standard InChI is InChI=1S/C16H16BrF2N/c1-10-3-4-12(7-15(10)19)16(20-2)8-11-5-6-13(18)9-14(11)17/h3-7,9,16,20H,8H2,1-2H3. The first-order valence-electron chi connectivity index (χ1n) is 6.38. The van der Waals surface area contributed by atoms with Gasteiger partial charge in [-0.05, 0) is 55.3 Å². The Morgan fingerprint density at radius 1 is 1.15 bits per heavy atom. The second-order valence-electron chi connectivity index (χ2n) is 4.79. The molecule has 2 rings (SSSR count). The number of rotatable bonds is 4. The lowest BCUT2D eigenvalue weighted by Gasteiger charge is -2.18. The van der Waals surface area contributed by atoms with Gasteiger partial charge in [0.15, 0.2) is 0 Å². The number of likely N-dealkylation sites (N-methyl/N-ethyl adjacent to an activating group) is 1. The SMILES string of the molecule is CNC(Cc1ccc(F)cc1Br)c1ccc(C)c(F)c1. The number of benzene rings is 2. The van der Waals surface area contributed by atoms with Gasteiger partial charge in [0.05, 0.1) is 0 Å². The molecule has 2 aromatic carbocycles. The van der Waals surface area contributed by atoms with Gasteiger partial charge in [-0.25, -0.2) is 8.78 Å². The van der Waals surface area contributed by atoms with Gasteiger partial charge < -0.3 is 5.32 Å². The summed E-state index contributed by atoms with van der Waals surface area (Å²) in [4.78, 5) is 0. The summed E-state index contributed by atoms with van der Waals surface area (Å²) in [6.45, 7) is 1.74. The summed E-state index contributed by atoms with van der Waals surface area (Å²) in [5.41, 5.74) is 2.49. The van der Waals surface area contributed by atoms with E-state index < -0.39 is 0 Å². The fourth-order valence-electron chi connectivity index (χ4n) is 2.12. The van der Waals surface area contributed by atoms with E-state index in [0.717, 1.165) is 15.6 Å². The number of hydrogen-bond acceptors (Lipinski definition) is 1. The van der Waals surface area contributed by atoms with E-state index in [0.29, 0.717) is 12.0 Å². The van der Waals surface area contributed by atoms with E-state index in [4.69, 9.17) is 0 Å². The summed E-state index contributed by atoms with van der Waals surface area (Å²) in [6, 6.07) is 9.83. The first-order chi connectivity index (χ1) is 9.51. The van der Waals surface area contributed by atoms with Gasteiger partial charge in [0.1, 0.15) is 11.6 Å². The smallest absolute Gasteiger partial charge is 0.126 e. The van der Waals surface area contributed by atoms with Crippen molar-refractivity contribution in [3.63, 3.8) is 0 Å². The average molecular weight is 340 g/mol. The molecule has 0 aliphatic carbocycles. The molecular weight excluding hydrogens is 324 g/mol. The van der Waals surface area contributed by atoms with Crippen molar-refractivity contribution >= 4 is 15.9 Å². The maximum atomic E-state index is 13.7. The zero-order valence-corrected chi connectivity index (χ0v) is 13.0. The van der Waals surface area contributed by atoms with E-state index >= 15 is 0 Å². The Balaban J connectivity index is 2.26. The van der Waals surface area contributed by atoms with Crippen molar-refractivity contribution in [1.29, 1.82) is 0 Å². The molecule has 0 saturated heterocycles. The van der Waals surface area contributed by atoms with Crippen molar-refractivity contribution in [3.05, 3.63) is 69.2 Å². The largest absolute Gasteiger partial charge is 0.313 e. The predicted molar refractivity (Wildman–Crippen MR) is 80.7 cm³/mol. The first kappa shape index (κ1) is 15.1. The zero-order chi connectivity index (χ0) is 14.7.